The van der Waals surface area contributed by atoms with E-state index in [1.54, 1.807) is 17.0 Å². The van der Waals surface area contributed by atoms with Crippen molar-refractivity contribution >= 4 is 17.9 Å². The molecule has 33 heavy (non-hydrogen) atoms. The summed E-state index contributed by atoms with van der Waals surface area (Å²) in [6.45, 7) is 1.33. The van der Waals surface area contributed by atoms with E-state index >= 15 is 0 Å². The molecule has 1 aliphatic rings. The highest BCUT2D eigenvalue weighted by molar-refractivity contribution is 5.95. The Morgan fingerprint density at radius 1 is 1.00 bits per heavy atom. The lowest BCUT2D eigenvalue weighted by molar-refractivity contribution is -0.135. The molecule has 2 aromatic carbocycles. The average molecular weight is 452 g/mol. The van der Waals surface area contributed by atoms with Crippen LogP contribution in [0.15, 0.2) is 66.5 Å². The van der Waals surface area contributed by atoms with Gasteiger partial charge in [0.15, 0.2) is 5.83 Å². The molecule has 1 fully saturated rings. The van der Waals surface area contributed by atoms with E-state index in [9.17, 15) is 14.0 Å². The van der Waals surface area contributed by atoms with Gasteiger partial charge in [0.25, 0.3) is 5.91 Å². The Morgan fingerprint density at radius 3 is 2.15 bits per heavy atom. The van der Waals surface area contributed by atoms with Gasteiger partial charge < -0.3 is 14.7 Å². The molecule has 1 saturated heterocycles. The number of rotatable bonds is 8. The molecule has 0 saturated carbocycles. The van der Waals surface area contributed by atoms with E-state index < -0.39 is 11.7 Å². The number of benzene rings is 2. The summed E-state index contributed by atoms with van der Waals surface area (Å²) in [5.74, 6) is -0.976. The fourth-order valence-electron chi connectivity index (χ4n) is 4.44. The smallest absolute Gasteiger partial charge is 0.282 e. The Bertz CT molecular complexity index is 938. The molecule has 1 heterocycles. The first-order valence-electron chi connectivity index (χ1n) is 11.5. The van der Waals surface area contributed by atoms with Gasteiger partial charge in [-0.2, -0.15) is 0 Å². The van der Waals surface area contributed by atoms with E-state index in [-0.39, 0.29) is 17.9 Å². The zero-order valence-electron chi connectivity index (χ0n) is 19.8. The van der Waals surface area contributed by atoms with Crippen LogP contribution >= 0.6 is 0 Å². The van der Waals surface area contributed by atoms with Crippen molar-refractivity contribution in [2.24, 2.45) is 5.92 Å². The topological polar surface area (TPSA) is 43.9 Å². The van der Waals surface area contributed by atoms with Crippen LogP contribution in [0, 0.1) is 5.92 Å². The van der Waals surface area contributed by atoms with E-state index in [4.69, 9.17) is 0 Å². The highest BCUT2D eigenvalue weighted by Crippen LogP contribution is 2.27. The second-order valence-corrected chi connectivity index (χ2v) is 9.03. The van der Waals surface area contributed by atoms with Gasteiger partial charge in [0, 0.05) is 26.2 Å². The number of likely N-dealkylation sites (N-methyl/N-ethyl adjacent to an activating group) is 2. The summed E-state index contributed by atoms with van der Waals surface area (Å²) in [5, 5.41) is 0. The number of amides is 2. The summed E-state index contributed by atoms with van der Waals surface area (Å²) in [5.41, 5.74) is 1.85. The summed E-state index contributed by atoms with van der Waals surface area (Å²) in [6, 6.07) is 19.2. The zero-order chi connectivity index (χ0) is 23.8. The van der Waals surface area contributed by atoms with Crippen LogP contribution in [0.3, 0.4) is 0 Å². The molecule has 1 unspecified atom stereocenters. The van der Waals surface area contributed by atoms with Gasteiger partial charge in [0.05, 0.1) is 6.54 Å². The van der Waals surface area contributed by atoms with Crippen LogP contribution in [-0.4, -0.2) is 73.3 Å². The second-order valence-electron chi connectivity index (χ2n) is 9.03. The maximum atomic E-state index is 14.6. The van der Waals surface area contributed by atoms with Crippen molar-refractivity contribution in [3.05, 3.63) is 77.6 Å². The first-order chi connectivity index (χ1) is 15.8. The molecule has 0 N–H and O–H groups in total. The average Bonchev–Trinajstić information content (AvgIpc) is 2.82. The molecule has 0 bridgehead atoms. The zero-order valence-corrected chi connectivity index (χ0v) is 19.8. The number of halogens is 1. The van der Waals surface area contributed by atoms with Gasteiger partial charge in [-0.3, -0.25) is 9.59 Å². The predicted molar refractivity (Wildman–Crippen MR) is 130 cm³/mol. The number of piperidine rings is 1. The maximum absolute atomic E-state index is 14.6. The third-order valence-electron chi connectivity index (χ3n) is 6.30. The summed E-state index contributed by atoms with van der Waals surface area (Å²) in [4.78, 5) is 30.8. The molecule has 6 heteroatoms. The molecule has 176 valence electrons. The standard InChI is InChI=1S/C27H34FN3O2/c1-29(2)20-26(32)30(3)25(19-22-12-8-5-9-13-22)23-14-16-31(17-15-23)27(33)24(28)18-21-10-6-4-7-11-21/h4-13,18,23,25H,14-17,19-20H2,1-3H3/b24-18-. The molecular weight excluding hydrogens is 417 g/mol. The van der Waals surface area contributed by atoms with Crippen molar-refractivity contribution in [1.29, 1.82) is 0 Å². The van der Waals surface area contributed by atoms with Gasteiger partial charge >= 0.3 is 0 Å². The molecule has 5 nitrogen and oxygen atoms in total. The molecule has 0 aliphatic carbocycles. The van der Waals surface area contributed by atoms with E-state index in [1.165, 1.54) is 11.6 Å². The molecule has 0 radical (unpaired) electrons. The lowest BCUT2D eigenvalue weighted by Gasteiger charge is -2.40. The minimum absolute atomic E-state index is 0.0295. The van der Waals surface area contributed by atoms with Crippen LogP contribution < -0.4 is 0 Å². The lowest BCUT2D eigenvalue weighted by Crippen LogP contribution is -2.50. The first-order valence-corrected chi connectivity index (χ1v) is 11.5. The van der Waals surface area contributed by atoms with Crippen LogP contribution in [0.1, 0.15) is 24.0 Å². The Kier molecular flexibility index (Phi) is 8.78. The van der Waals surface area contributed by atoms with Crippen LogP contribution in [0.5, 0.6) is 0 Å². The number of carbonyl (C=O) groups is 2. The van der Waals surface area contributed by atoms with Crippen molar-refractivity contribution in [2.75, 3.05) is 40.8 Å². The molecule has 1 aliphatic heterocycles. The van der Waals surface area contributed by atoms with Gasteiger partial charge in [-0.15, -0.1) is 0 Å². The normalized spacial score (nSPS) is 16.0. The largest absolute Gasteiger partial charge is 0.341 e. The predicted octanol–water partition coefficient (Wildman–Crippen LogP) is 3.87. The monoisotopic (exact) mass is 451 g/mol. The third kappa shape index (κ3) is 6.99. The summed E-state index contributed by atoms with van der Waals surface area (Å²) < 4.78 is 14.6. The number of hydrogen-bond acceptors (Lipinski definition) is 3. The van der Waals surface area contributed by atoms with Gasteiger partial charge in [0.2, 0.25) is 5.91 Å². The highest BCUT2D eigenvalue weighted by atomic mass is 19.1. The van der Waals surface area contributed by atoms with Crippen LogP contribution in [0.2, 0.25) is 0 Å². The number of likely N-dealkylation sites (tertiary alicyclic amines) is 1. The van der Waals surface area contributed by atoms with E-state index in [2.05, 4.69) is 12.1 Å². The summed E-state index contributed by atoms with van der Waals surface area (Å²) in [7, 11) is 5.65. The van der Waals surface area contributed by atoms with Gasteiger partial charge in [0.1, 0.15) is 0 Å². The molecular formula is C27H34FN3O2. The van der Waals surface area contributed by atoms with E-state index in [1.807, 2.05) is 67.3 Å². The summed E-state index contributed by atoms with van der Waals surface area (Å²) in [6.07, 6.45) is 3.53. The molecule has 1 atom stereocenters. The van der Waals surface area contributed by atoms with Gasteiger partial charge in [-0.05, 0) is 56.5 Å². The van der Waals surface area contributed by atoms with Crippen molar-refractivity contribution in [3.63, 3.8) is 0 Å². The lowest BCUT2D eigenvalue weighted by atomic mass is 9.85. The van der Waals surface area contributed by atoms with Crippen molar-refractivity contribution in [1.82, 2.24) is 14.7 Å². The molecule has 2 aromatic rings. The van der Waals surface area contributed by atoms with Crippen molar-refractivity contribution < 1.29 is 14.0 Å². The summed E-state index contributed by atoms with van der Waals surface area (Å²) >= 11 is 0. The van der Waals surface area contributed by atoms with Crippen LogP contribution in [0.25, 0.3) is 6.08 Å². The fraction of sp³-hybridized carbons (Fsp3) is 0.407. The quantitative estimate of drug-likeness (QED) is 0.573. The van der Waals surface area contributed by atoms with Crippen LogP contribution in [0.4, 0.5) is 4.39 Å². The number of carbonyl (C=O) groups excluding carboxylic acids is 2. The van der Waals surface area contributed by atoms with E-state index in [0.29, 0.717) is 25.2 Å². The maximum Gasteiger partial charge on any atom is 0.282 e. The molecule has 2 amide bonds. The van der Waals surface area contributed by atoms with Crippen molar-refractivity contribution in [2.45, 2.75) is 25.3 Å². The Hall–Kier alpha value is -2.99. The molecule has 3 rings (SSSR count). The van der Waals surface area contributed by atoms with Crippen molar-refractivity contribution in [3.8, 4) is 0 Å². The van der Waals surface area contributed by atoms with Gasteiger partial charge in [-0.1, -0.05) is 60.7 Å². The van der Waals surface area contributed by atoms with Crippen LogP contribution in [-0.2, 0) is 16.0 Å². The van der Waals surface area contributed by atoms with E-state index in [0.717, 1.165) is 19.3 Å². The SMILES string of the molecule is CN(C)CC(=O)N(C)C(Cc1ccccc1)C1CCN(C(=O)/C(F)=C/c2ccccc2)CC1. The van der Waals surface area contributed by atoms with Gasteiger partial charge in [-0.25, -0.2) is 4.39 Å². The number of hydrogen-bond donors (Lipinski definition) is 0. The molecule has 0 aromatic heterocycles. The second kappa shape index (κ2) is 11.8. The minimum atomic E-state index is -0.737. The third-order valence-corrected chi connectivity index (χ3v) is 6.30. The Balaban J connectivity index is 1.67. The minimum Gasteiger partial charge on any atom is -0.341 e. The number of nitrogens with zero attached hydrogens (tertiary/aromatic N) is 3. The first kappa shape index (κ1) is 24.6. The highest BCUT2D eigenvalue weighted by Gasteiger charge is 2.33. The Labute approximate surface area is 196 Å². The Morgan fingerprint density at radius 2 is 1.58 bits per heavy atom. The fourth-order valence-corrected chi connectivity index (χ4v) is 4.44. The molecule has 0 spiro atoms.